The van der Waals surface area contributed by atoms with Gasteiger partial charge in [-0.2, -0.15) is 4.98 Å². The Labute approximate surface area is 149 Å². The lowest BCUT2D eigenvalue weighted by Crippen LogP contribution is -2.26. The van der Waals surface area contributed by atoms with E-state index in [1.165, 1.54) is 5.56 Å². The Hall–Kier alpha value is -3.00. The van der Waals surface area contributed by atoms with E-state index in [1.807, 2.05) is 18.2 Å². The van der Waals surface area contributed by atoms with Crippen molar-refractivity contribution in [2.75, 3.05) is 7.11 Å². The quantitative estimate of drug-likeness (QED) is 0.751. The largest absolute Gasteiger partial charge is 0.375 e. The average molecular weight is 354 g/mol. The van der Waals surface area contributed by atoms with Crippen molar-refractivity contribution in [3.63, 3.8) is 0 Å². The van der Waals surface area contributed by atoms with Crippen molar-refractivity contribution < 1.29 is 18.6 Å². The third kappa shape index (κ3) is 3.11. The van der Waals surface area contributed by atoms with Gasteiger partial charge in [0.15, 0.2) is 0 Å². The molecule has 134 valence electrons. The Morgan fingerprint density at radius 2 is 2.19 bits per heavy atom. The van der Waals surface area contributed by atoms with Crippen molar-refractivity contribution in [1.82, 2.24) is 20.6 Å². The fourth-order valence-electron chi connectivity index (χ4n) is 3.16. The Morgan fingerprint density at radius 3 is 2.96 bits per heavy atom. The molecule has 1 aliphatic carbocycles. The van der Waals surface area contributed by atoms with Crippen LogP contribution in [0.15, 0.2) is 33.3 Å². The summed E-state index contributed by atoms with van der Waals surface area (Å²) in [6.45, 7) is 2.07. The third-order valence-electron chi connectivity index (χ3n) is 4.37. The fourth-order valence-corrected chi connectivity index (χ4v) is 3.16. The maximum absolute atomic E-state index is 12.3. The number of nitrogens with zero attached hydrogens (tertiary/aromatic N) is 3. The highest BCUT2D eigenvalue weighted by Gasteiger charge is 2.26. The molecule has 8 heteroatoms. The number of aromatic nitrogens is 3. The van der Waals surface area contributed by atoms with Crippen LogP contribution >= 0.6 is 0 Å². The summed E-state index contributed by atoms with van der Waals surface area (Å²) in [6.07, 6.45) is 1.70. The lowest BCUT2D eigenvalue weighted by Gasteiger charge is -2.13. The first kappa shape index (κ1) is 16.5. The molecule has 0 aliphatic heterocycles. The molecule has 0 saturated carbocycles. The molecule has 1 N–H and O–H groups in total. The minimum atomic E-state index is -0.255. The predicted molar refractivity (Wildman–Crippen MR) is 90.2 cm³/mol. The number of benzene rings is 1. The molecule has 8 nitrogen and oxygen atoms in total. The van der Waals surface area contributed by atoms with Crippen LogP contribution in [0, 0.1) is 6.92 Å². The summed E-state index contributed by atoms with van der Waals surface area (Å²) < 4.78 is 15.2. The molecule has 2 heterocycles. The average Bonchev–Trinajstić information content (AvgIpc) is 3.35. The molecule has 26 heavy (non-hydrogen) atoms. The van der Waals surface area contributed by atoms with Crippen molar-refractivity contribution >= 4 is 5.91 Å². The molecule has 0 bridgehead atoms. The lowest BCUT2D eigenvalue weighted by molar-refractivity contribution is 0.0899. The smallest absolute Gasteiger partial charge is 0.290 e. The summed E-state index contributed by atoms with van der Waals surface area (Å²) in [5.74, 6) is 0.944. The molecule has 1 aromatic carbocycles. The SMILES string of the molecule is COCc1nc(-c2ccc3c(c2)CC[C@H]3NC(=O)c2cc(C)no2)no1. The first-order valence-corrected chi connectivity index (χ1v) is 8.33. The van der Waals surface area contributed by atoms with E-state index in [1.54, 1.807) is 20.1 Å². The van der Waals surface area contributed by atoms with Gasteiger partial charge in [-0.25, -0.2) is 0 Å². The summed E-state index contributed by atoms with van der Waals surface area (Å²) >= 11 is 0. The number of ether oxygens (including phenoxy) is 1. The van der Waals surface area contributed by atoms with Crippen molar-refractivity contribution in [2.45, 2.75) is 32.4 Å². The number of aryl methyl sites for hydroxylation is 2. The first-order chi connectivity index (χ1) is 12.6. The van der Waals surface area contributed by atoms with Gasteiger partial charge in [-0.15, -0.1) is 0 Å². The van der Waals surface area contributed by atoms with Crippen LogP contribution in [0.3, 0.4) is 0 Å². The topological polar surface area (TPSA) is 103 Å². The molecular formula is C18H18N4O4. The molecule has 1 aliphatic rings. The first-order valence-electron chi connectivity index (χ1n) is 8.33. The van der Waals surface area contributed by atoms with Crippen LogP contribution in [-0.4, -0.2) is 28.3 Å². The minimum absolute atomic E-state index is 0.0497. The molecule has 0 unspecified atom stereocenters. The highest BCUT2D eigenvalue weighted by Crippen LogP contribution is 2.34. The van der Waals surface area contributed by atoms with E-state index >= 15 is 0 Å². The molecule has 1 atom stereocenters. The van der Waals surface area contributed by atoms with Crippen molar-refractivity contribution in [3.05, 3.63) is 52.7 Å². The van der Waals surface area contributed by atoms with E-state index in [2.05, 4.69) is 20.6 Å². The zero-order valence-electron chi connectivity index (χ0n) is 14.5. The Kier molecular flexibility index (Phi) is 4.26. The van der Waals surface area contributed by atoms with E-state index in [0.717, 1.165) is 24.0 Å². The number of hydrogen-bond acceptors (Lipinski definition) is 7. The van der Waals surface area contributed by atoms with Gasteiger partial charge in [0.2, 0.25) is 11.6 Å². The standard InChI is InChI=1S/C18H18N4O4/c1-10-7-15(25-21-10)18(23)19-14-6-4-11-8-12(3-5-13(11)14)17-20-16(9-24-2)26-22-17/h3,5,7-8,14H,4,6,9H2,1-2H3,(H,19,23)/t14-/m1/s1. The molecule has 0 radical (unpaired) electrons. The highest BCUT2D eigenvalue weighted by molar-refractivity contribution is 5.91. The number of nitrogens with one attached hydrogen (secondary N) is 1. The van der Waals surface area contributed by atoms with Gasteiger partial charge >= 0.3 is 0 Å². The number of fused-ring (bicyclic) bond motifs is 1. The maximum Gasteiger partial charge on any atom is 0.290 e. The molecule has 0 fully saturated rings. The molecule has 0 spiro atoms. The predicted octanol–water partition coefficient (Wildman–Crippen LogP) is 2.60. The lowest BCUT2D eigenvalue weighted by atomic mass is 10.0. The summed E-state index contributed by atoms with van der Waals surface area (Å²) in [5, 5.41) is 10.7. The van der Waals surface area contributed by atoms with Gasteiger partial charge in [0, 0.05) is 18.7 Å². The van der Waals surface area contributed by atoms with Gasteiger partial charge in [0.05, 0.1) is 11.7 Å². The van der Waals surface area contributed by atoms with E-state index in [9.17, 15) is 4.79 Å². The van der Waals surface area contributed by atoms with E-state index in [4.69, 9.17) is 13.8 Å². The van der Waals surface area contributed by atoms with Crippen molar-refractivity contribution in [2.24, 2.45) is 0 Å². The zero-order chi connectivity index (χ0) is 18.1. The number of carbonyl (C=O) groups excluding carboxylic acids is 1. The van der Waals surface area contributed by atoms with Crippen LogP contribution in [0.5, 0.6) is 0 Å². The van der Waals surface area contributed by atoms with Crippen LogP contribution < -0.4 is 5.32 Å². The Bertz CT molecular complexity index is 946. The normalized spacial score (nSPS) is 15.8. The van der Waals surface area contributed by atoms with Crippen molar-refractivity contribution in [3.8, 4) is 11.4 Å². The number of carbonyl (C=O) groups is 1. The van der Waals surface area contributed by atoms with Crippen LogP contribution in [0.2, 0.25) is 0 Å². The minimum Gasteiger partial charge on any atom is -0.375 e. The van der Waals surface area contributed by atoms with Gasteiger partial charge in [-0.3, -0.25) is 4.79 Å². The van der Waals surface area contributed by atoms with E-state index in [0.29, 0.717) is 17.4 Å². The maximum atomic E-state index is 12.3. The number of rotatable bonds is 5. The molecule has 1 amide bonds. The van der Waals surface area contributed by atoms with E-state index < -0.39 is 0 Å². The number of methoxy groups -OCH3 is 1. The molecule has 0 saturated heterocycles. The molecule has 4 rings (SSSR count). The van der Waals surface area contributed by atoms with Crippen LogP contribution in [0.25, 0.3) is 11.4 Å². The van der Waals surface area contributed by atoms with Crippen LogP contribution in [-0.2, 0) is 17.8 Å². The summed E-state index contributed by atoms with van der Waals surface area (Å²) in [4.78, 5) is 16.6. The van der Waals surface area contributed by atoms with Gasteiger partial charge < -0.3 is 19.1 Å². The Balaban J connectivity index is 1.51. The molecule has 2 aromatic heterocycles. The number of amides is 1. The van der Waals surface area contributed by atoms with E-state index in [-0.39, 0.29) is 24.3 Å². The highest BCUT2D eigenvalue weighted by atomic mass is 16.5. The zero-order valence-corrected chi connectivity index (χ0v) is 14.5. The van der Waals surface area contributed by atoms with Gasteiger partial charge in [-0.1, -0.05) is 22.4 Å². The monoisotopic (exact) mass is 354 g/mol. The second-order valence-electron chi connectivity index (χ2n) is 6.26. The van der Waals surface area contributed by atoms with Gasteiger partial charge in [0.25, 0.3) is 11.8 Å². The second-order valence-corrected chi connectivity index (χ2v) is 6.26. The third-order valence-corrected chi connectivity index (χ3v) is 4.37. The molecule has 3 aromatic rings. The Morgan fingerprint density at radius 1 is 1.31 bits per heavy atom. The molecular weight excluding hydrogens is 336 g/mol. The summed E-state index contributed by atoms with van der Waals surface area (Å²) in [6, 6.07) is 7.56. The number of hydrogen-bond donors (Lipinski definition) is 1. The second kappa shape index (κ2) is 6.72. The fraction of sp³-hybridized carbons (Fsp3) is 0.333. The van der Waals surface area contributed by atoms with Crippen LogP contribution in [0.4, 0.5) is 0 Å². The summed E-state index contributed by atoms with van der Waals surface area (Å²) in [7, 11) is 1.58. The van der Waals surface area contributed by atoms with Gasteiger partial charge in [0.1, 0.15) is 6.61 Å². The van der Waals surface area contributed by atoms with Crippen LogP contribution in [0.1, 0.15) is 45.7 Å². The van der Waals surface area contributed by atoms with Gasteiger partial charge in [-0.05, 0) is 37.0 Å². The van der Waals surface area contributed by atoms with Crippen molar-refractivity contribution in [1.29, 1.82) is 0 Å². The summed E-state index contributed by atoms with van der Waals surface area (Å²) in [5.41, 5.74) is 3.82.